The third-order valence-electron chi connectivity index (χ3n) is 6.55. The number of amides is 1. The maximum atomic E-state index is 13.3. The van der Waals surface area contributed by atoms with E-state index in [9.17, 15) is 9.90 Å². The molecule has 1 aliphatic carbocycles. The summed E-state index contributed by atoms with van der Waals surface area (Å²) < 4.78 is 1.05. The topological polar surface area (TPSA) is 43.8 Å². The standard InChI is InChI=1S/C20H27BrN2O2/c1-22-17-8-7-14(21)11-16(17)19-15(18(22)12-24)9-10-23(19)20(25)13-5-3-2-4-6-13/h7-8,11,13,15,18-19,24H,2-6,9-10,12H2,1H3/t15-,18+,19-/m0/s1. The molecule has 4 nitrogen and oxygen atoms in total. The van der Waals surface area contributed by atoms with Gasteiger partial charge in [-0.1, -0.05) is 35.2 Å². The number of likely N-dealkylation sites (N-methyl/N-ethyl adjacent to an activating group) is 1. The Bertz CT molecular complexity index is 659. The Balaban J connectivity index is 1.71. The molecule has 1 saturated carbocycles. The summed E-state index contributed by atoms with van der Waals surface area (Å²) in [5.74, 6) is 0.860. The minimum atomic E-state index is 0.0860. The average molecular weight is 407 g/mol. The largest absolute Gasteiger partial charge is 0.394 e. The Morgan fingerprint density at radius 3 is 2.72 bits per heavy atom. The van der Waals surface area contributed by atoms with Crippen molar-refractivity contribution in [3.8, 4) is 0 Å². The van der Waals surface area contributed by atoms with Crippen LogP contribution in [0.5, 0.6) is 0 Å². The summed E-state index contributed by atoms with van der Waals surface area (Å²) in [5.41, 5.74) is 2.38. The van der Waals surface area contributed by atoms with E-state index >= 15 is 0 Å². The van der Waals surface area contributed by atoms with Crippen LogP contribution in [0.3, 0.4) is 0 Å². The second-order valence-electron chi connectivity index (χ2n) is 7.83. The van der Waals surface area contributed by atoms with E-state index in [1.54, 1.807) is 0 Å². The average Bonchev–Trinajstić information content (AvgIpc) is 3.07. The first kappa shape index (κ1) is 17.3. The van der Waals surface area contributed by atoms with Crippen LogP contribution in [0, 0.1) is 11.8 Å². The van der Waals surface area contributed by atoms with Gasteiger partial charge in [-0.3, -0.25) is 4.79 Å². The van der Waals surface area contributed by atoms with Gasteiger partial charge in [-0.2, -0.15) is 0 Å². The Hall–Kier alpha value is -1.07. The fourth-order valence-corrected chi connectivity index (χ4v) is 5.63. The molecule has 3 aliphatic rings. The van der Waals surface area contributed by atoms with Crippen LogP contribution in [0.1, 0.15) is 50.1 Å². The van der Waals surface area contributed by atoms with Crippen molar-refractivity contribution in [2.75, 3.05) is 25.1 Å². The van der Waals surface area contributed by atoms with E-state index in [-0.39, 0.29) is 24.6 Å². The van der Waals surface area contributed by atoms with Gasteiger partial charge in [0.2, 0.25) is 5.91 Å². The van der Waals surface area contributed by atoms with Crippen LogP contribution in [0.2, 0.25) is 0 Å². The summed E-state index contributed by atoms with van der Waals surface area (Å²) in [6.07, 6.45) is 6.70. The molecule has 2 heterocycles. The molecule has 2 aliphatic heterocycles. The molecule has 25 heavy (non-hydrogen) atoms. The summed E-state index contributed by atoms with van der Waals surface area (Å²) in [6, 6.07) is 6.52. The molecule has 1 aromatic carbocycles. The van der Waals surface area contributed by atoms with Gasteiger partial charge in [0.15, 0.2) is 0 Å². The number of aliphatic hydroxyl groups excluding tert-OH is 1. The lowest BCUT2D eigenvalue weighted by atomic mass is 9.81. The highest BCUT2D eigenvalue weighted by Crippen LogP contribution is 2.49. The molecule has 5 heteroatoms. The predicted molar refractivity (Wildman–Crippen MR) is 103 cm³/mol. The van der Waals surface area contributed by atoms with Crippen molar-refractivity contribution in [1.82, 2.24) is 4.90 Å². The number of likely N-dealkylation sites (tertiary alicyclic amines) is 1. The highest BCUT2D eigenvalue weighted by atomic mass is 79.9. The molecular formula is C20H27BrN2O2. The molecule has 0 radical (unpaired) electrons. The fourth-order valence-electron chi connectivity index (χ4n) is 5.26. The maximum absolute atomic E-state index is 13.3. The second-order valence-corrected chi connectivity index (χ2v) is 8.74. The number of benzene rings is 1. The number of halogens is 1. The van der Waals surface area contributed by atoms with E-state index < -0.39 is 0 Å². The van der Waals surface area contributed by atoms with Crippen LogP contribution in [-0.4, -0.2) is 42.2 Å². The molecule has 3 atom stereocenters. The fraction of sp³-hybridized carbons (Fsp3) is 0.650. The van der Waals surface area contributed by atoms with Crippen molar-refractivity contribution < 1.29 is 9.90 Å². The molecule has 1 saturated heterocycles. The summed E-state index contributed by atoms with van der Waals surface area (Å²) in [4.78, 5) is 17.6. The first-order valence-electron chi connectivity index (χ1n) is 9.55. The zero-order chi connectivity index (χ0) is 17.6. The number of hydrogen-bond donors (Lipinski definition) is 1. The van der Waals surface area contributed by atoms with Crippen molar-refractivity contribution in [2.45, 2.75) is 50.6 Å². The van der Waals surface area contributed by atoms with Gasteiger partial charge >= 0.3 is 0 Å². The van der Waals surface area contributed by atoms with Crippen molar-refractivity contribution >= 4 is 27.5 Å². The number of carbonyl (C=O) groups excluding carboxylic acids is 1. The molecule has 0 spiro atoms. The summed E-state index contributed by atoms with van der Waals surface area (Å²) in [6.45, 7) is 0.958. The first-order valence-corrected chi connectivity index (χ1v) is 10.3. The number of nitrogens with zero attached hydrogens (tertiary/aromatic N) is 2. The van der Waals surface area contributed by atoms with Crippen LogP contribution < -0.4 is 4.90 Å². The molecule has 136 valence electrons. The van der Waals surface area contributed by atoms with Gasteiger partial charge in [-0.15, -0.1) is 0 Å². The van der Waals surface area contributed by atoms with E-state index in [4.69, 9.17) is 0 Å². The molecular weight excluding hydrogens is 380 g/mol. The predicted octanol–water partition coefficient (Wildman–Crippen LogP) is 3.73. The number of rotatable bonds is 2. The number of aliphatic hydroxyl groups is 1. The van der Waals surface area contributed by atoms with Gasteiger partial charge in [-0.25, -0.2) is 0 Å². The van der Waals surface area contributed by atoms with E-state index in [0.29, 0.717) is 11.8 Å². The monoisotopic (exact) mass is 406 g/mol. The lowest BCUT2D eigenvalue weighted by Gasteiger charge is -2.45. The van der Waals surface area contributed by atoms with Crippen LogP contribution in [-0.2, 0) is 4.79 Å². The smallest absolute Gasteiger partial charge is 0.226 e. The van der Waals surface area contributed by atoms with Gasteiger partial charge in [0.1, 0.15) is 0 Å². The van der Waals surface area contributed by atoms with Crippen LogP contribution in [0.4, 0.5) is 5.69 Å². The molecule has 1 N–H and O–H groups in total. The summed E-state index contributed by atoms with van der Waals surface area (Å²) in [7, 11) is 2.06. The van der Waals surface area contributed by atoms with Gasteiger partial charge in [0.25, 0.3) is 0 Å². The summed E-state index contributed by atoms with van der Waals surface area (Å²) >= 11 is 3.60. The van der Waals surface area contributed by atoms with Gasteiger partial charge in [0.05, 0.1) is 18.7 Å². The SMILES string of the molecule is CN1c2ccc(Br)cc2[C@@H]2[C@@H](CCN2C(=O)C2CCCCC2)[C@H]1CO. The van der Waals surface area contributed by atoms with E-state index in [2.05, 4.69) is 44.9 Å². The normalized spacial score (nSPS) is 29.5. The minimum Gasteiger partial charge on any atom is -0.394 e. The van der Waals surface area contributed by atoms with Gasteiger partial charge in [0, 0.05) is 35.6 Å². The van der Waals surface area contributed by atoms with E-state index in [0.717, 1.165) is 36.0 Å². The third-order valence-corrected chi connectivity index (χ3v) is 7.04. The number of hydrogen-bond acceptors (Lipinski definition) is 3. The maximum Gasteiger partial charge on any atom is 0.226 e. The van der Waals surface area contributed by atoms with Gasteiger partial charge in [-0.05, 0) is 43.0 Å². The summed E-state index contributed by atoms with van der Waals surface area (Å²) in [5, 5.41) is 10.0. The second kappa shape index (κ2) is 6.92. The highest BCUT2D eigenvalue weighted by molar-refractivity contribution is 9.10. The van der Waals surface area contributed by atoms with Crippen molar-refractivity contribution in [3.63, 3.8) is 0 Å². The zero-order valence-electron chi connectivity index (χ0n) is 14.8. The zero-order valence-corrected chi connectivity index (χ0v) is 16.4. The number of anilines is 1. The van der Waals surface area contributed by atoms with Crippen molar-refractivity contribution in [2.24, 2.45) is 11.8 Å². The minimum absolute atomic E-state index is 0.0860. The Kier molecular flexibility index (Phi) is 4.80. The van der Waals surface area contributed by atoms with Gasteiger partial charge < -0.3 is 14.9 Å². The molecule has 2 fully saturated rings. The molecule has 0 unspecified atom stereocenters. The molecule has 0 aromatic heterocycles. The first-order chi connectivity index (χ1) is 12.1. The molecule has 0 bridgehead atoms. The van der Waals surface area contributed by atoms with Crippen LogP contribution >= 0.6 is 15.9 Å². The van der Waals surface area contributed by atoms with Crippen molar-refractivity contribution in [3.05, 3.63) is 28.2 Å². The Labute approximate surface area is 158 Å². The van der Waals surface area contributed by atoms with Crippen molar-refractivity contribution in [1.29, 1.82) is 0 Å². The molecule has 1 aromatic rings. The van der Waals surface area contributed by atoms with Crippen LogP contribution in [0.15, 0.2) is 22.7 Å². The highest BCUT2D eigenvalue weighted by Gasteiger charge is 2.48. The van der Waals surface area contributed by atoms with E-state index in [1.165, 1.54) is 24.8 Å². The Morgan fingerprint density at radius 2 is 2.00 bits per heavy atom. The lowest BCUT2D eigenvalue weighted by molar-refractivity contribution is -0.138. The Morgan fingerprint density at radius 1 is 1.24 bits per heavy atom. The molecule has 1 amide bonds. The lowest BCUT2D eigenvalue weighted by Crippen LogP contribution is -2.49. The third kappa shape index (κ3) is 2.89. The number of fused-ring (bicyclic) bond motifs is 3. The quantitative estimate of drug-likeness (QED) is 0.813. The number of carbonyl (C=O) groups is 1. The van der Waals surface area contributed by atoms with Crippen LogP contribution in [0.25, 0.3) is 0 Å². The van der Waals surface area contributed by atoms with E-state index in [1.807, 2.05) is 6.07 Å². The molecule has 4 rings (SSSR count).